The number of ether oxygens (including phenoxy) is 1. The molecular weight excluding hydrogens is 376 g/mol. The van der Waals surface area contributed by atoms with Crippen LogP contribution in [0, 0.1) is 0 Å². The number of benzene rings is 1. The van der Waals surface area contributed by atoms with Crippen LogP contribution >= 0.6 is 38.9 Å². The van der Waals surface area contributed by atoms with Gasteiger partial charge in [-0.1, -0.05) is 22.9 Å². The van der Waals surface area contributed by atoms with Crippen molar-refractivity contribution in [3.8, 4) is 5.75 Å². The number of thiazole rings is 1. The Labute approximate surface area is 127 Å². The van der Waals surface area contributed by atoms with Crippen LogP contribution in [0.15, 0.2) is 33.1 Å². The summed E-state index contributed by atoms with van der Waals surface area (Å²) in [4.78, 5) is 3.71. The minimum Gasteiger partial charge on any atom is -0.497 e. The van der Waals surface area contributed by atoms with E-state index in [1.807, 2.05) is 0 Å². The second-order valence-corrected chi connectivity index (χ2v) is 7.76. The van der Waals surface area contributed by atoms with E-state index in [1.54, 1.807) is 18.2 Å². The molecule has 1 aromatic heterocycles. The van der Waals surface area contributed by atoms with Crippen LogP contribution in [0.25, 0.3) is 0 Å². The van der Waals surface area contributed by atoms with E-state index in [2.05, 4.69) is 25.6 Å². The molecule has 2 aromatic rings. The van der Waals surface area contributed by atoms with Crippen molar-refractivity contribution >= 4 is 54.6 Å². The van der Waals surface area contributed by atoms with E-state index in [1.165, 1.54) is 13.3 Å². The average Bonchev–Trinajstić information content (AvgIpc) is 2.79. The summed E-state index contributed by atoms with van der Waals surface area (Å²) in [6, 6.07) is 4.98. The van der Waals surface area contributed by atoms with Gasteiger partial charge in [0.2, 0.25) is 0 Å². The SMILES string of the molecule is COc1ccc(Br)c(NS(=O)(=O)c2cnc(Cl)s2)c1. The van der Waals surface area contributed by atoms with Gasteiger partial charge in [-0.3, -0.25) is 4.72 Å². The van der Waals surface area contributed by atoms with Crippen LogP contribution in [0.5, 0.6) is 5.75 Å². The van der Waals surface area contributed by atoms with Crippen LogP contribution in [0.1, 0.15) is 0 Å². The van der Waals surface area contributed by atoms with Crippen molar-refractivity contribution in [2.45, 2.75) is 4.21 Å². The largest absolute Gasteiger partial charge is 0.497 e. The first-order valence-corrected chi connectivity index (χ1v) is 8.37. The number of methoxy groups -OCH3 is 1. The van der Waals surface area contributed by atoms with Crippen LogP contribution in [0.3, 0.4) is 0 Å². The van der Waals surface area contributed by atoms with Gasteiger partial charge in [0.15, 0.2) is 8.68 Å². The molecule has 2 rings (SSSR count). The van der Waals surface area contributed by atoms with E-state index < -0.39 is 10.0 Å². The van der Waals surface area contributed by atoms with Crippen LogP contribution in [-0.2, 0) is 10.0 Å². The number of anilines is 1. The smallest absolute Gasteiger partial charge is 0.273 e. The fourth-order valence-electron chi connectivity index (χ4n) is 1.27. The van der Waals surface area contributed by atoms with Gasteiger partial charge in [0.1, 0.15) is 5.75 Å². The van der Waals surface area contributed by atoms with Crippen molar-refractivity contribution in [2.75, 3.05) is 11.8 Å². The van der Waals surface area contributed by atoms with Crippen LogP contribution in [0.2, 0.25) is 4.47 Å². The summed E-state index contributed by atoms with van der Waals surface area (Å²) < 4.78 is 32.5. The quantitative estimate of drug-likeness (QED) is 0.879. The normalized spacial score (nSPS) is 11.3. The van der Waals surface area contributed by atoms with Crippen LogP contribution in [0.4, 0.5) is 5.69 Å². The Balaban J connectivity index is 2.35. The minimum atomic E-state index is -3.70. The number of aromatic nitrogens is 1. The van der Waals surface area contributed by atoms with E-state index in [0.717, 1.165) is 11.3 Å². The third-order valence-electron chi connectivity index (χ3n) is 2.14. The lowest BCUT2D eigenvalue weighted by molar-refractivity contribution is 0.415. The molecule has 1 aromatic carbocycles. The molecule has 1 N–H and O–H groups in total. The fraction of sp³-hybridized carbons (Fsp3) is 0.100. The Morgan fingerprint density at radius 3 is 2.79 bits per heavy atom. The van der Waals surface area contributed by atoms with Crippen molar-refractivity contribution in [1.82, 2.24) is 4.98 Å². The third kappa shape index (κ3) is 3.38. The molecule has 0 atom stereocenters. The van der Waals surface area contributed by atoms with E-state index in [-0.39, 0.29) is 8.68 Å². The summed E-state index contributed by atoms with van der Waals surface area (Å²) >= 11 is 9.79. The van der Waals surface area contributed by atoms with Crippen LogP contribution in [-0.4, -0.2) is 20.5 Å². The van der Waals surface area contributed by atoms with Crippen molar-refractivity contribution in [1.29, 1.82) is 0 Å². The summed E-state index contributed by atoms with van der Waals surface area (Å²) in [7, 11) is -2.20. The van der Waals surface area contributed by atoms with E-state index in [0.29, 0.717) is 15.9 Å². The molecule has 0 radical (unpaired) electrons. The first-order valence-electron chi connectivity index (χ1n) is 4.90. The first kappa shape index (κ1) is 14.6. The zero-order valence-corrected chi connectivity index (χ0v) is 13.5. The summed E-state index contributed by atoms with van der Waals surface area (Å²) in [6.45, 7) is 0. The maximum atomic E-state index is 12.1. The monoisotopic (exact) mass is 382 g/mol. The Morgan fingerprint density at radius 1 is 1.47 bits per heavy atom. The molecule has 0 saturated heterocycles. The predicted octanol–water partition coefficient (Wildman–Crippen LogP) is 3.37. The fourth-order valence-corrected chi connectivity index (χ4v) is 4.11. The zero-order valence-electron chi connectivity index (χ0n) is 9.55. The van der Waals surface area contributed by atoms with E-state index >= 15 is 0 Å². The molecule has 0 aliphatic heterocycles. The summed E-state index contributed by atoms with van der Waals surface area (Å²) in [6.07, 6.45) is 1.21. The Kier molecular flexibility index (Phi) is 4.34. The molecule has 0 aliphatic carbocycles. The minimum absolute atomic E-state index is 0.0484. The molecule has 0 saturated carbocycles. The Bertz CT molecular complexity index is 703. The number of nitrogens with one attached hydrogen (secondary N) is 1. The molecule has 19 heavy (non-hydrogen) atoms. The zero-order chi connectivity index (χ0) is 14.0. The Morgan fingerprint density at radius 2 is 2.21 bits per heavy atom. The summed E-state index contributed by atoms with van der Waals surface area (Å²) in [5.41, 5.74) is 0.379. The van der Waals surface area contributed by atoms with Crippen molar-refractivity contribution in [3.63, 3.8) is 0 Å². The standard InChI is InChI=1S/C10H8BrClN2O3S2/c1-17-6-2-3-7(11)8(4-6)14-19(15,16)9-5-13-10(12)18-9/h2-5,14H,1H3. The van der Waals surface area contributed by atoms with Crippen molar-refractivity contribution < 1.29 is 13.2 Å². The first-order chi connectivity index (χ1) is 8.92. The highest BCUT2D eigenvalue weighted by Crippen LogP contribution is 2.30. The highest BCUT2D eigenvalue weighted by atomic mass is 79.9. The number of hydrogen-bond donors (Lipinski definition) is 1. The number of sulfonamides is 1. The van der Waals surface area contributed by atoms with Gasteiger partial charge in [-0.25, -0.2) is 13.4 Å². The maximum Gasteiger partial charge on any atom is 0.273 e. The Hall–Kier alpha value is -0.830. The average molecular weight is 384 g/mol. The summed E-state index contributed by atoms with van der Waals surface area (Å²) in [5, 5.41) is 0. The van der Waals surface area contributed by atoms with Gasteiger partial charge in [-0.15, -0.1) is 0 Å². The number of hydrogen-bond acceptors (Lipinski definition) is 5. The number of nitrogens with zero attached hydrogens (tertiary/aromatic N) is 1. The molecule has 0 unspecified atom stereocenters. The maximum absolute atomic E-state index is 12.1. The van der Waals surface area contributed by atoms with Gasteiger partial charge in [0, 0.05) is 10.5 Å². The molecular formula is C10H8BrClN2O3S2. The summed E-state index contributed by atoms with van der Waals surface area (Å²) in [5.74, 6) is 0.545. The van der Waals surface area contributed by atoms with E-state index in [4.69, 9.17) is 16.3 Å². The highest BCUT2D eigenvalue weighted by Gasteiger charge is 2.19. The topological polar surface area (TPSA) is 68.3 Å². The molecule has 102 valence electrons. The third-order valence-corrected chi connectivity index (χ3v) is 5.77. The molecule has 0 bridgehead atoms. The van der Waals surface area contributed by atoms with Gasteiger partial charge in [0.25, 0.3) is 10.0 Å². The molecule has 0 fully saturated rings. The van der Waals surface area contributed by atoms with Gasteiger partial charge in [-0.05, 0) is 28.1 Å². The van der Waals surface area contributed by atoms with Gasteiger partial charge >= 0.3 is 0 Å². The van der Waals surface area contributed by atoms with Gasteiger partial charge < -0.3 is 4.74 Å². The second kappa shape index (κ2) is 5.66. The van der Waals surface area contributed by atoms with Crippen LogP contribution < -0.4 is 9.46 Å². The van der Waals surface area contributed by atoms with Gasteiger partial charge in [0.05, 0.1) is 19.0 Å². The van der Waals surface area contributed by atoms with Crippen molar-refractivity contribution in [3.05, 3.63) is 33.3 Å². The predicted molar refractivity (Wildman–Crippen MR) is 78.6 cm³/mol. The highest BCUT2D eigenvalue weighted by molar-refractivity contribution is 9.10. The molecule has 9 heteroatoms. The molecule has 5 nitrogen and oxygen atoms in total. The molecule has 0 amide bonds. The molecule has 0 spiro atoms. The number of halogens is 2. The van der Waals surface area contributed by atoms with Gasteiger partial charge in [-0.2, -0.15) is 0 Å². The lowest BCUT2D eigenvalue weighted by Crippen LogP contribution is -2.12. The van der Waals surface area contributed by atoms with E-state index in [9.17, 15) is 8.42 Å². The van der Waals surface area contributed by atoms with Crippen molar-refractivity contribution in [2.24, 2.45) is 0 Å². The molecule has 0 aliphatic rings. The lowest BCUT2D eigenvalue weighted by atomic mass is 10.3. The molecule has 1 heterocycles. The second-order valence-electron chi connectivity index (χ2n) is 3.38. The lowest BCUT2D eigenvalue weighted by Gasteiger charge is -2.09. The number of rotatable bonds is 4.